The summed E-state index contributed by atoms with van der Waals surface area (Å²) in [7, 11) is -3.95. The number of benzene rings is 1. The summed E-state index contributed by atoms with van der Waals surface area (Å²) in [6.07, 6.45) is 2.82. The molecule has 20 heavy (non-hydrogen) atoms. The minimum Gasteiger partial charge on any atom is -0.326 e. The molecule has 0 saturated heterocycles. The molecule has 0 fully saturated rings. The molecule has 0 radical (unpaired) electrons. The lowest BCUT2D eigenvalue weighted by atomic mass is 10.2. The lowest BCUT2D eigenvalue weighted by Gasteiger charge is -2.11. The third-order valence-corrected chi connectivity index (χ3v) is 4.51. The summed E-state index contributed by atoms with van der Waals surface area (Å²) in [5, 5.41) is 0.254. The third-order valence-electron chi connectivity index (χ3n) is 2.38. The highest BCUT2D eigenvalue weighted by atomic mass is 35.5. The predicted octanol–water partition coefficient (Wildman–Crippen LogP) is 2.04. The minimum absolute atomic E-state index is 0.0281. The molecule has 9 heteroatoms. The predicted molar refractivity (Wildman–Crippen MR) is 77.2 cm³/mol. The van der Waals surface area contributed by atoms with Crippen LogP contribution in [0.5, 0.6) is 0 Å². The second-order valence-electron chi connectivity index (χ2n) is 3.76. The molecule has 0 spiro atoms. The van der Waals surface area contributed by atoms with Crippen LogP contribution >= 0.6 is 23.2 Å². The van der Waals surface area contributed by atoms with Crippen LogP contribution in [-0.4, -0.2) is 18.4 Å². The van der Waals surface area contributed by atoms with Crippen molar-refractivity contribution >= 4 is 39.2 Å². The monoisotopic (exact) mass is 332 g/mol. The second kappa shape index (κ2) is 5.92. The maximum atomic E-state index is 12.3. The number of halogens is 2. The molecular weight excluding hydrogens is 323 g/mol. The van der Waals surface area contributed by atoms with Gasteiger partial charge in [-0.15, -0.1) is 0 Å². The number of hydrogen-bond acceptors (Lipinski definition) is 5. The number of anilines is 1. The standard InChI is InChI=1S/C11H10Cl2N4O2S/c12-8-4-7(6-14)10(13)9(5-8)20(18,19)17-11-15-2-1-3-16-11/h1-5H,6,14H2,(H,15,16,17). The van der Waals surface area contributed by atoms with Gasteiger partial charge < -0.3 is 5.73 Å². The summed E-state index contributed by atoms with van der Waals surface area (Å²) in [6, 6.07) is 4.33. The van der Waals surface area contributed by atoms with Crippen molar-refractivity contribution in [3.63, 3.8) is 0 Å². The topological polar surface area (TPSA) is 98.0 Å². The van der Waals surface area contributed by atoms with Gasteiger partial charge in [-0.1, -0.05) is 23.2 Å². The first-order chi connectivity index (χ1) is 9.44. The molecule has 106 valence electrons. The lowest BCUT2D eigenvalue weighted by molar-refractivity contribution is 0.600. The van der Waals surface area contributed by atoms with Crippen LogP contribution in [0.2, 0.25) is 10.0 Å². The van der Waals surface area contributed by atoms with Crippen LogP contribution in [0.3, 0.4) is 0 Å². The van der Waals surface area contributed by atoms with E-state index in [1.165, 1.54) is 24.5 Å². The Kier molecular flexibility index (Phi) is 4.44. The molecule has 0 unspecified atom stereocenters. The van der Waals surface area contributed by atoms with Gasteiger partial charge in [0.25, 0.3) is 10.0 Å². The van der Waals surface area contributed by atoms with E-state index < -0.39 is 10.0 Å². The fraction of sp³-hybridized carbons (Fsp3) is 0.0909. The van der Waals surface area contributed by atoms with E-state index in [-0.39, 0.29) is 27.4 Å². The van der Waals surface area contributed by atoms with Crippen LogP contribution in [0.1, 0.15) is 5.56 Å². The van der Waals surface area contributed by atoms with E-state index in [1.807, 2.05) is 0 Å². The van der Waals surface area contributed by atoms with E-state index in [1.54, 1.807) is 6.07 Å². The molecule has 0 aliphatic heterocycles. The van der Waals surface area contributed by atoms with Gasteiger partial charge in [-0.2, -0.15) is 0 Å². The van der Waals surface area contributed by atoms with Crippen molar-refractivity contribution in [1.82, 2.24) is 9.97 Å². The van der Waals surface area contributed by atoms with Gasteiger partial charge in [-0.05, 0) is 23.8 Å². The summed E-state index contributed by atoms with van der Waals surface area (Å²) in [5.41, 5.74) is 5.94. The first-order valence-electron chi connectivity index (χ1n) is 5.42. The van der Waals surface area contributed by atoms with Crippen molar-refractivity contribution in [1.29, 1.82) is 0 Å². The number of aromatic nitrogens is 2. The summed E-state index contributed by atoms with van der Waals surface area (Å²) in [4.78, 5) is 7.40. The molecule has 0 atom stereocenters. The molecule has 6 nitrogen and oxygen atoms in total. The molecular formula is C11H10Cl2N4O2S. The van der Waals surface area contributed by atoms with Crippen LogP contribution in [0.4, 0.5) is 5.95 Å². The zero-order chi connectivity index (χ0) is 14.8. The SMILES string of the molecule is NCc1cc(Cl)cc(S(=O)(=O)Nc2ncccn2)c1Cl. The number of sulfonamides is 1. The van der Waals surface area contributed by atoms with Gasteiger partial charge in [0, 0.05) is 24.0 Å². The molecule has 0 aliphatic carbocycles. The highest BCUT2D eigenvalue weighted by molar-refractivity contribution is 7.92. The van der Waals surface area contributed by atoms with E-state index in [4.69, 9.17) is 28.9 Å². The van der Waals surface area contributed by atoms with Crippen molar-refractivity contribution in [3.8, 4) is 0 Å². The molecule has 2 rings (SSSR count). The summed E-state index contributed by atoms with van der Waals surface area (Å²) in [5.74, 6) is -0.0576. The van der Waals surface area contributed by atoms with Crippen LogP contribution in [-0.2, 0) is 16.6 Å². The molecule has 0 saturated carbocycles. The van der Waals surface area contributed by atoms with Crippen molar-refractivity contribution in [3.05, 3.63) is 46.2 Å². The Balaban J connectivity index is 2.47. The fourth-order valence-electron chi connectivity index (χ4n) is 1.49. The van der Waals surface area contributed by atoms with E-state index in [0.29, 0.717) is 5.56 Å². The normalized spacial score (nSPS) is 11.3. The fourth-order valence-corrected chi connectivity index (χ4v) is 3.39. The van der Waals surface area contributed by atoms with Gasteiger partial charge in [-0.3, -0.25) is 0 Å². The van der Waals surface area contributed by atoms with Gasteiger partial charge in [0.2, 0.25) is 5.95 Å². The summed E-state index contributed by atoms with van der Waals surface area (Å²) >= 11 is 11.9. The average molecular weight is 333 g/mol. The Bertz CT molecular complexity index is 723. The van der Waals surface area contributed by atoms with E-state index in [9.17, 15) is 8.42 Å². The maximum absolute atomic E-state index is 12.3. The minimum atomic E-state index is -3.95. The number of nitrogens with zero attached hydrogens (tertiary/aromatic N) is 2. The molecule has 0 aliphatic rings. The van der Waals surface area contributed by atoms with E-state index in [0.717, 1.165) is 0 Å². The Morgan fingerprint density at radius 3 is 2.45 bits per heavy atom. The van der Waals surface area contributed by atoms with Gasteiger partial charge in [0.15, 0.2) is 0 Å². The van der Waals surface area contributed by atoms with Gasteiger partial charge in [0.1, 0.15) is 4.90 Å². The first-order valence-corrected chi connectivity index (χ1v) is 7.66. The molecule has 0 amide bonds. The van der Waals surface area contributed by atoms with Crippen molar-refractivity contribution in [2.24, 2.45) is 5.73 Å². The van der Waals surface area contributed by atoms with Crippen LogP contribution < -0.4 is 10.5 Å². The zero-order valence-corrected chi connectivity index (χ0v) is 12.4. The Morgan fingerprint density at radius 2 is 1.85 bits per heavy atom. The van der Waals surface area contributed by atoms with Crippen LogP contribution in [0.25, 0.3) is 0 Å². The first kappa shape index (κ1) is 15.0. The molecule has 2 aromatic rings. The third kappa shape index (κ3) is 3.18. The Morgan fingerprint density at radius 1 is 1.20 bits per heavy atom. The van der Waals surface area contributed by atoms with E-state index in [2.05, 4.69) is 14.7 Å². The zero-order valence-electron chi connectivity index (χ0n) is 10.0. The van der Waals surface area contributed by atoms with Crippen LogP contribution in [0.15, 0.2) is 35.5 Å². The van der Waals surface area contributed by atoms with Crippen molar-refractivity contribution in [2.75, 3.05) is 4.72 Å². The summed E-state index contributed by atoms with van der Waals surface area (Å²) < 4.78 is 26.8. The smallest absolute Gasteiger partial charge is 0.265 e. The number of nitrogens with two attached hydrogens (primary N) is 1. The number of hydrogen-bond donors (Lipinski definition) is 2. The van der Waals surface area contributed by atoms with E-state index >= 15 is 0 Å². The van der Waals surface area contributed by atoms with Crippen molar-refractivity contribution in [2.45, 2.75) is 11.4 Å². The number of nitrogens with one attached hydrogen (secondary N) is 1. The second-order valence-corrected chi connectivity index (χ2v) is 6.22. The largest absolute Gasteiger partial charge is 0.326 e. The van der Waals surface area contributed by atoms with Gasteiger partial charge in [0.05, 0.1) is 5.02 Å². The summed E-state index contributed by atoms with van der Waals surface area (Å²) in [6.45, 7) is 0.0732. The van der Waals surface area contributed by atoms with Crippen molar-refractivity contribution < 1.29 is 8.42 Å². The highest BCUT2D eigenvalue weighted by Gasteiger charge is 2.21. The molecule has 1 heterocycles. The highest BCUT2D eigenvalue weighted by Crippen LogP contribution is 2.30. The maximum Gasteiger partial charge on any atom is 0.265 e. The Labute approximate surface area is 126 Å². The number of rotatable bonds is 4. The molecule has 1 aromatic carbocycles. The quantitative estimate of drug-likeness (QED) is 0.892. The van der Waals surface area contributed by atoms with Gasteiger partial charge >= 0.3 is 0 Å². The molecule has 3 N–H and O–H groups in total. The Hall–Kier alpha value is -1.41. The molecule has 0 bridgehead atoms. The van der Waals surface area contributed by atoms with Gasteiger partial charge in [-0.25, -0.2) is 23.1 Å². The van der Waals surface area contributed by atoms with Crippen LogP contribution in [0, 0.1) is 0 Å². The lowest BCUT2D eigenvalue weighted by Crippen LogP contribution is -2.16. The molecule has 1 aromatic heterocycles. The average Bonchev–Trinajstić information content (AvgIpc) is 2.41.